The van der Waals surface area contributed by atoms with Crippen molar-refractivity contribution in [3.63, 3.8) is 0 Å². The van der Waals surface area contributed by atoms with Gasteiger partial charge < -0.3 is 9.16 Å². The number of Topliss-reactive ketones (excluding diaryl/α,β-unsaturated/α-hetero) is 1. The molecule has 4 aliphatic carbocycles. The maximum Gasteiger partial charge on any atom is 0.193 e. The van der Waals surface area contributed by atoms with Crippen LogP contribution in [0.3, 0.4) is 0 Å². The highest BCUT2D eigenvalue weighted by Gasteiger charge is 2.92. The number of carbonyl (C=O) groups is 1. The minimum atomic E-state index is -1.95. The van der Waals surface area contributed by atoms with E-state index in [0.717, 1.165) is 12.8 Å². The summed E-state index contributed by atoms with van der Waals surface area (Å²) >= 11 is 0. The van der Waals surface area contributed by atoms with Crippen LogP contribution < -0.4 is 0 Å². The van der Waals surface area contributed by atoms with Crippen LogP contribution in [0.1, 0.15) is 74.1 Å². The molecule has 2 spiro atoms. The Morgan fingerprint density at radius 2 is 1.87 bits per heavy atom. The second kappa shape index (κ2) is 5.54. The van der Waals surface area contributed by atoms with Crippen molar-refractivity contribution in [3.05, 3.63) is 12.2 Å². The van der Waals surface area contributed by atoms with Crippen LogP contribution >= 0.6 is 0 Å². The van der Waals surface area contributed by atoms with Crippen molar-refractivity contribution in [2.45, 2.75) is 110 Å². The molecule has 0 radical (unpaired) electrons. The number of rotatable bonds is 3. The third-order valence-corrected chi connectivity index (χ3v) is 16.0. The molecule has 0 aromatic rings. The molecular weight excluding hydrogens is 388 g/mol. The Balaban J connectivity index is 1.54. The fourth-order valence-electron chi connectivity index (χ4n) is 8.88. The van der Waals surface area contributed by atoms with Crippen LogP contribution in [0, 0.1) is 34.0 Å². The maximum atomic E-state index is 13.8. The number of hydrogen-bond donors (Lipinski definition) is 0. The summed E-state index contributed by atoms with van der Waals surface area (Å²) in [6.45, 7) is 25.5. The van der Waals surface area contributed by atoms with Gasteiger partial charge in [-0.25, -0.2) is 0 Å². The molecule has 0 unspecified atom stereocenters. The average Bonchev–Trinajstić information content (AvgIpc) is 3.08. The zero-order valence-corrected chi connectivity index (χ0v) is 21.6. The summed E-state index contributed by atoms with van der Waals surface area (Å²) in [4.78, 5) is 13.8. The molecule has 0 aromatic carbocycles. The number of hydrogen-bond acceptors (Lipinski definition) is 3. The molecular formula is C26H42O3Si. The lowest BCUT2D eigenvalue weighted by Gasteiger charge is -2.46. The summed E-state index contributed by atoms with van der Waals surface area (Å²) in [6, 6.07) is 0. The van der Waals surface area contributed by atoms with Gasteiger partial charge >= 0.3 is 0 Å². The molecule has 0 amide bonds. The Morgan fingerprint density at radius 1 is 1.23 bits per heavy atom. The van der Waals surface area contributed by atoms with Crippen LogP contribution in [0.15, 0.2) is 12.2 Å². The first-order valence-corrected chi connectivity index (χ1v) is 15.1. The molecule has 5 aliphatic rings. The molecule has 5 fully saturated rings. The minimum Gasteiger partial charge on any atom is -0.407 e. The molecule has 168 valence electrons. The van der Waals surface area contributed by atoms with Gasteiger partial charge in [0.2, 0.25) is 0 Å². The van der Waals surface area contributed by atoms with Crippen LogP contribution in [-0.4, -0.2) is 31.9 Å². The molecule has 3 nitrogen and oxygen atoms in total. The fourth-order valence-corrected chi connectivity index (χ4v) is 10.1. The van der Waals surface area contributed by atoms with Crippen LogP contribution in [-0.2, 0) is 14.0 Å². The number of ketones is 1. The van der Waals surface area contributed by atoms with Gasteiger partial charge in [-0.15, -0.1) is 0 Å². The summed E-state index contributed by atoms with van der Waals surface area (Å²) in [6.07, 6.45) is 4.22. The van der Waals surface area contributed by atoms with E-state index in [-0.39, 0.29) is 45.0 Å². The normalized spacial score (nSPS) is 51.9. The molecule has 1 saturated heterocycles. The van der Waals surface area contributed by atoms with Gasteiger partial charge in [-0.2, -0.15) is 0 Å². The van der Waals surface area contributed by atoms with Crippen LogP contribution in [0.5, 0.6) is 0 Å². The van der Waals surface area contributed by atoms with E-state index in [9.17, 15) is 4.79 Å². The van der Waals surface area contributed by atoms with E-state index in [2.05, 4.69) is 68.1 Å². The first-order valence-electron chi connectivity index (χ1n) is 12.2. The Bertz CT molecular complexity index is 840. The molecule has 0 bridgehead atoms. The quantitative estimate of drug-likeness (QED) is 0.306. The average molecular weight is 431 g/mol. The number of epoxide rings is 1. The third-order valence-electron chi connectivity index (χ3n) is 11.5. The summed E-state index contributed by atoms with van der Waals surface area (Å²) in [5, 5.41) is 0.149. The first-order chi connectivity index (χ1) is 13.6. The van der Waals surface area contributed by atoms with Gasteiger partial charge in [0.05, 0.1) is 11.5 Å². The van der Waals surface area contributed by atoms with E-state index in [4.69, 9.17) is 9.16 Å². The van der Waals surface area contributed by atoms with E-state index in [0.29, 0.717) is 17.6 Å². The zero-order chi connectivity index (χ0) is 22.3. The van der Waals surface area contributed by atoms with E-state index in [1.54, 1.807) is 0 Å². The molecule has 4 heteroatoms. The van der Waals surface area contributed by atoms with E-state index < -0.39 is 8.32 Å². The van der Waals surface area contributed by atoms with Gasteiger partial charge in [0.15, 0.2) is 8.32 Å². The second-order valence-corrected chi connectivity index (χ2v) is 18.3. The van der Waals surface area contributed by atoms with Crippen LogP contribution in [0.4, 0.5) is 0 Å². The number of ether oxygens (including phenoxy) is 1. The maximum absolute atomic E-state index is 13.8. The molecule has 0 N–H and O–H groups in total. The predicted octanol–water partition coefficient (Wildman–Crippen LogP) is 6.14. The van der Waals surface area contributed by atoms with Gasteiger partial charge in [0, 0.05) is 12.3 Å². The van der Waals surface area contributed by atoms with Crippen molar-refractivity contribution >= 4 is 14.1 Å². The van der Waals surface area contributed by atoms with Crippen molar-refractivity contribution < 1.29 is 14.0 Å². The van der Waals surface area contributed by atoms with Crippen LogP contribution in [0.2, 0.25) is 18.1 Å². The Hall–Kier alpha value is -0.453. The Labute approximate surface area is 184 Å². The molecule has 30 heavy (non-hydrogen) atoms. The highest BCUT2D eigenvalue weighted by atomic mass is 28.4. The van der Waals surface area contributed by atoms with Gasteiger partial charge in [0.1, 0.15) is 17.5 Å². The summed E-state index contributed by atoms with van der Waals surface area (Å²) < 4.78 is 13.5. The van der Waals surface area contributed by atoms with E-state index >= 15 is 0 Å². The largest absolute Gasteiger partial charge is 0.407 e. The van der Waals surface area contributed by atoms with Gasteiger partial charge in [-0.1, -0.05) is 48.1 Å². The van der Waals surface area contributed by atoms with Crippen molar-refractivity contribution in [2.24, 2.45) is 34.0 Å². The lowest BCUT2D eigenvalue weighted by molar-refractivity contribution is -0.131. The monoisotopic (exact) mass is 430 g/mol. The van der Waals surface area contributed by atoms with Crippen molar-refractivity contribution in [3.8, 4) is 0 Å². The van der Waals surface area contributed by atoms with E-state index in [1.165, 1.54) is 18.4 Å². The molecule has 8 atom stereocenters. The van der Waals surface area contributed by atoms with Gasteiger partial charge in [-0.3, -0.25) is 4.79 Å². The van der Waals surface area contributed by atoms with Crippen molar-refractivity contribution in [1.82, 2.24) is 0 Å². The summed E-state index contributed by atoms with van der Waals surface area (Å²) in [5.74, 6) is 1.98. The summed E-state index contributed by atoms with van der Waals surface area (Å²) in [5.41, 5.74) is 0.652. The second-order valence-electron chi connectivity index (χ2n) is 13.6. The molecule has 5 rings (SSSR count). The van der Waals surface area contributed by atoms with Gasteiger partial charge in [0.25, 0.3) is 0 Å². The molecule has 4 saturated carbocycles. The fraction of sp³-hybridized carbons (Fsp3) is 0.885. The van der Waals surface area contributed by atoms with Crippen molar-refractivity contribution in [1.29, 1.82) is 0 Å². The molecule has 1 heterocycles. The predicted molar refractivity (Wildman–Crippen MR) is 123 cm³/mol. The SMILES string of the molecule is C=C1[C@@H](O[Si](C)(C)C(C)(C)C)[C@H]2O[C@@]23[C@@H]1C[C@]12CC[C@H](C(C)C)[C@@]1(C)CC(=O)[C@]32C. The summed E-state index contributed by atoms with van der Waals surface area (Å²) in [7, 11) is -1.95. The standard InChI is InChI=1S/C26H42O3Si/c1-15(2)17-11-12-25-13-18-16(3)20(29-30(9,10)22(4,5)6)21-26(18,28-21)24(25,8)19(27)14-23(17,25)7/h15,17-18,20-21H,3,11-14H2,1-2,4-10H3/t17-,18-,20-,21-,23-,24+,25-,26+/m1/s1. The first kappa shape index (κ1) is 21.4. The number of carbonyl (C=O) groups excluding carboxylic acids is 1. The third kappa shape index (κ3) is 1.96. The van der Waals surface area contributed by atoms with Gasteiger partial charge in [-0.05, 0) is 72.6 Å². The van der Waals surface area contributed by atoms with Crippen molar-refractivity contribution in [2.75, 3.05) is 0 Å². The highest BCUT2D eigenvalue weighted by molar-refractivity contribution is 6.74. The minimum absolute atomic E-state index is 0.0258. The molecule has 1 aliphatic heterocycles. The van der Waals surface area contributed by atoms with E-state index in [1.807, 2.05) is 0 Å². The lowest BCUT2D eigenvalue weighted by Crippen LogP contribution is -2.49. The Morgan fingerprint density at radius 3 is 2.43 bits per heavy atom. The van der Waals surface area contributed by atoms with Crippen LogP contribution in [0.25, 0.3) is 0 Å². The molecule has 0 aromatic heterocycles. The zero-order valence-electron chi connectivity index (χ0n) is 20.6. The topological polar surface area (TPSA) is 38.8 Å². The lowest BCUT2D eigenvalue weighted by atomic mass is 9.56. The Kier molecular flexibility index (Phi) is 3.95. The smallest absolute Gasteiger partial charge is 0.193 e. The highest BCUT2D eigenvalue weighted by Crippen LogP contribution is 2.87.